The average molecular weight is 277 g/mol. The van der Waals surface area contributed by atoms with E-state index in [9.17, 15) is 4.39 Å². The highest BCUT2D eigenvalue weighted by Crippen LogP contribution is 2.62. The van der Waals surface area contributed by atoms with Gasteiger partial charge in [-0.05, 0) is 49.6 Å². The van der Waals surface area contributed by atoms with Gasteiger partial charge in [0, 0.05) is 11.6 Å². The van der Waals surface area contributed by atoms with Crippen LogP contribution in [0.5, 0.6) is 5.75 Å². The van der Waals surface area contributed by atoms with Gasteiger partial charge < -0.3 is 10.1 Å². The summed E-state index contributed by atoms with van der Waals surface area (Å²) in [6.07, 6.45) is 5.08. The van der Waals surface area contributed by atoms with Gasteiger partial charge in [-0.2, -0.15) is 0 Å². The standard InChI is InChI=1S/C17H24FNO/c1-3-10-19-17(15-11-6-4-7-12(11)15)13-8-5-9-14(20-2)16(13)18/h5,8-9,11-12,15,17,19H,3-4,6-7,10H2,1-2H3. The molecule has 0 aliphatic heterocycles. The van der Waals surface area contributed by atoms with Crippen LogP contribution in [-0.4, -0.2) is 13.7 Å². The van der Waals surface area contributed by atoms with Gasteiger partial charge in [-0.15, -0.1) is 0 Å². The largest absolute Gasteiger partial charge is 0.494 e. The molecule has 0 aromatic heterocycles. The Kier molecular flexibility index (Phi) is 3.97. The second-order valence-electron chi connectivity index (χ2n) is 6.13. The third-order valence-electron chi connectivity index (χ3n) is 5.02. The van der Waals surface area contributed by atoms with Crippen molar-refractivity contribution in [2.45, 2.75) is 38.6 Å². The molecule has 3 rings (SSSR count). The fraction of sp³-hybridized carbons (Fsp3) is 0.647. The van der Waals surface area contributed by atoms with Crippen LogP contribution < -0.4 is 10.1 Å². The molecule has 0 amide bonds. The molecule has 0 radical (unpaired) electrons. The van der Waals surface area contributed by atoms with E-state index in [4.69, 9.17) is 4.74 Å². The predicted octanol–water partition coefficient (Wildman–Crippen LogP) is 3.92. The molecule has 0 bridgehead atoms. The van der Waals surface area contributed by atoms with Crippen molar-refractivity contribution in [2.24, 2.45) is 17.8 Å². The number of hydrogen-bond acceptors (Lipinski definition) is 2. The minimum atomic E-state index is -0.187. The van der Waals surface area contributed by atoms with Crippen LogP contribution in [0.25, 0.3) is 0 Å². The predicted molar refractivity (Wildman–Crippen MR) is 78.3 cm³/mol. The van der Waals surface area contributed by atoms with Crippen molar-refractivity contribution in [3.05, 3.63) is 29.6 Å². The number of halogens is 1. The number of nitrogens with one attached hydrogen (secondary N) is 1. The van der Waals surface area contributed by atoms with Gasteiger partial charge in [0.05, 0.1) is 7.11 Å². The summed E-state index contributed by atoms with van der Waals surface area (Å²) in [5.74, 6) is 2.42. The molecule has 3 atom stereocenters. The first-order valence-electron chi connectivity index (χ1n) is 7.83. The molecule has 3 unspecified atom stereocenters. The van der Waals surface area contributed by atoms with E-state index in [-0.39, 0.29) is 11.9 Å². The molecule has 2 saturated carbocycles. The Morgan fingerprint density at radius 3 is 2.75 bits per heavy atom. The molecule has 1 N–H and O–H groups in total. The van der Waals surface area contributed by atoms with Crippen molar-refractivity contribution < 1.29 is 9.13 Å². The van der Waals surface area contributed by atoms with Gasteiger partial charge >= 0.3 is 0 Å². The third-order valence-corrected chi connectivity index (χ3v) is 5.02. The SMILES string of the molecule is CCCNC(c1cccc(OC)c1F)C1C2CCCC21. The number of hydrogen-bond donors (Lipinski definition) is 1. The molecule has 2 aliphatic rings. The summed E-state index contributed by atoms with van der Waals surface area (Å²) in [5, 5.41) is 3.57. The van der Waals surface area contributed by atoms with Crippen molar-refractivity contribution in [1.29, 1.82) is 0 Å². The Labute approximate surface area is 120 Å². The lowest BCUT2D eigenvalue weighted by Crippen LogP contribution is -2.26. The number of fused-ring (bicyclic) bond motifs is 1. The minimum absolute atomic E-state index is 0.153. The third kappa shape index (κ3) is 2.32. The molecule has 2 aliphatic carbocycles. The van der Waals surface area contributed by atoms with Crippen molar-refractivity contribution in [2.75, 3.05) is 13.7 Å². The lowest BCUT2D eigenvalue weighted by molar-refractivity contribution is 0.366. The molecular formula is C17H24FNO. The lowest BCUT2D eigenvalue weighted by Gasteiger charge is -2.22. The van der Waals surface area contributed by atoms with E-state index in [1.54, 1.807) is 6.07 Å². The number of methoxy groups -OCH3 is 1. The quantitative estimate of drug-likeness (QED) is 0.851. The Balaban J connectivity index is 1.85. The van der Waals surface area contributed by atoms with Crippen molar-refractivity contribution in [3.63, 3.8) is 0 Å². The summed E-state index contributed by atoms with van der Waals surface area (Å²) in [6, 6.07) is 5.67. The summed E-state index contributed by atoms with van der Waals surface area (Å²) < 4.78 is 19.7. The lowest BCUT2D eigenvalue weighted by atomic mass is 9.96. The van der Waals surface area contributed by atoms with E-state index in [0.717, 1.165) is 30.4 Å². The minimum Gasteiger partial charge on any atom is -0.494 e. The van der Waals surface area contributed by atoms with E-state index in [0.29, 0.717) is 11.7 Å². The summed E-state index contributed by atoms with van der Waals surface area (Å²) in [7, 11) is 1.53. The smallest absolute Gasteiger partial charge is 0.169 e. The fourth-order valence-corrected chi connectivity index (χ4v) is 4.05. The maximum absolute atomic E-state index is 14.5. The van der Waals surface area contributed by atoms with Gasteiger partial charge in [0.1, 0.15) is 0 Å². The van der Waals surface area contributed by atoms with E-state index in [1.165, 1.54) is 26.4 Å². The molecule has 20 heavy (non-hydrogen) atoms. The summed E-state index contributed by atoms with van der Waals surface area (Å²) in [5.41, 5.74) is 0.789. The first-order chi connectivity index (χ1) is 9.77. The van der Waals surface area contributed by atoms with Crippen LogP contribution in [0.1, 0.15) is 44.2 Å². The van der Waals surface area contributed by atoms with Crippen molar-refractivity contribution in [3.8, 4) is 5.75 Å². The molecule has 1 aromatic rings. The fourth-order valence-electron chi connectivity index (χ4n) is 4.05. The van der Waals surface area contributed by atoms with Crippen LogP contribution >= 0.6 is 0 Å². The summed E-state index contributed by atoms with van der Waals surface area (Å²) in [4.78, 5) is 0. The topological polar surface area (TPSA) is 21.3 Å². The first kappa shape index (κ1) is 13.9. The maximum Gasteiger partial charge on any atom is 0.169 e. The van der Waals surface area contributed by atoms with Crippen LogP contribution in [0.2, 0.25) is 0 Å². The van der Waals surface area contributed by atoms with Crippen molar-refractivity contribution >= 4 is 0 Å². The Hall–Kier alpha value is -1.09. The van der Waals surface area contributed by atoms with Gasteiger partial charge in [0.25, 0.3) is 0 Å². The molecule has 2 fully saturated rings. The van der Waals surface area contributed by atoms with E-state index < -0.39 is 0 Å². The summed E-state index contributed by atoms with van der Waals surface area (Å²) in [6.45, 7) is 3.09. The second kappa shape index (κ2) is 5.72. The highest BCUT2D eigenvalue weighted by atomic mass is 19.1. The van der Waals surface area contributed by atoms with Gasteiger partial charge in [-0.25, -0.2) is 4.39 Å². The Morgan fingerprint density at radius 1 is 1.35 bits per heavy atom. The molecular weight excluding hydrogens is 253 g/mol. The van der Waals surface area contributed by atoms with Gasteiger partial charge in [0.15, 0.2) is 11.6 Å². The van der Waals surface area contributed by atoms with Crippen LogP contribution in [-0.2, 0) is 0 Å². The van der Waals surface area contributed by atoms with Gasteiger partial charge in [-0.3, -0.25) is 0 Å². The van der Waals surface area contributed by atoms with E-state index in [1.807, 2.05) is 12.1 Å². The van der Waals surface area contributed by atoms with E-state index >= 15 is 0 Å². The van der Waals surface area contributed by atoms with E-state index in [2.05, 4.69) is 12.2 Å². The normalized spacial score (nSPS) is 29.1. The summed E-state index contributed by atoms with van der Waals surface area (Å²) >= 11 is 0. The van der Waals surface area contributed by atoms with Crippen LogP contribution in [0.15, 0.2) is 18.2 Å². The maximum atomic E-state index is 14.5. The molecule has 2 nitrogen and oxygen atoms in total. The van der Waals surface area contributed by atoms with Crippen LogP contribution in [0, 0.1) is 23.6 Å². The first-order valence-corrected chi connectivity index (χ1v) is 7.83. The molecule has 0 saturated heterocycles. The highest BCUT2D eigenvalue weighted by Gasteiger charge is 2.56. The zero-order chi connectivity index (χ0) is 14.1. The van der Waals surface area contributed by atoms with Crippen LogP contribution in [0.3, 0.4) is 0 Å². The molecule has 0 spiro atoms. The molecule has 1 aromatic carbocycles. The average Bonchev–Trinajstić information content (AvgIpc) is 2.93. The molecule has 3 heteroatoms. The number of rotatable bonds is 6. The van der Waals surface area contributed by atoms with Gasteiger partial charge in [-0.1, -0.05) is 25.5 Å². The number of benzene rings is 1. The Bertz CT molecular complexity index is 466. The molecule has 110 valence electrons. The monoisotopic (exact) mass is 277 g/mol. The zero-order valence-electron chi connectivity index (χ0n) is 12.4. The van der Waals surface area contributed by atoms with Crippen LogP contribution in [0.4, 0.5) is 4.39 Å². The zero-order valence-corrected chi connectivity index (χ0v) is 12.4. The van der Waals surface area contributed by atoms with Gasteiger partial charge in [0.2, 0.25) is 0 Å². The Morgan fingerprint density at radius 2 is 2.10 bits per heavy atom. The van der Waals surface area contributed by atoms with Crippen molar-refractivity contribution in [1.82, 2.24) is 5.32 Å². The number of ether oxygens (including phenoxy) is 1. The second-order valence-corrected chi connectivity index (χ2v) is 6.13. The molecule has 0 heterocycles. The highest BCUT2D eigenvalue weighted by molar-refractivity contribution is 5.34.